The third-order valence-electron chi connectivity index (χ3n) is 3.66. The average molecular weight is 307 g/mol. The van der Waals surface area contributed by atoms with Crippen LogP contribution in [0.1, 0.15) is 18.9 Å². The third kappa shape index (κ3) is 3.16. The topological polar surface area (TPSA) is 46.6 Å². The van der Waals surface area contributed by atoms with E-state index in [4.69, 9.17) is 4.74 Å². The Hall–Kier alpha value is -2.88. The zero-order valence-corrected chi connectivity index (χ0v) is 12.9. The molecule has 0 spiro atoms. The second kappa shape index (κ2) is 6.48. The number of carbonyl (C=O) groups excluding carboxylic acids is 2. The average Bonchev–Trinajstić information content (AvgIpc) is 2.56. The molecule has 3 rings (SSSR count). The van der Waals surface area contributed by atoms with Crippen molar-refractivity contribution in [2.75, 3.05) is 11.5 Å². The standard InChI is InChI=1S/C19H17NO3/c1-2-23-17-10-8-14(9-11-17)15-12-18(21)20(19(22)13-15)16-6-4-3-5-7-16/h3-12H,2,13H2,1H3. The molecule has 1 heterocycles. The lowest BCUT2D eigenvalue weighted by Gasteiger charge is -2.24. The van der Waals surface area contributed by atoms with Crippen LogP contribution in [0.15, 0.2) is 60.7 Å². The molecule has 0 radical (unpaired) electrons. The fraction of sp³-hybridized carbons (Fsp3) is 0.158. The smallest absolute Gasteiger partial charge is 0.258 e. The van der Waals surface area contributed by atoms with Gasteiger partial charge in [-0.15, -0.1) is 0 Å². The SMILES string of the molecule is CCOc1ccc(C2=CC(=O)N(c3ccccc3)C(=O)C2)cc1. The monoisotopic (exact) mass is 307 g/mol. The van der Waals surface area contributed by atoms with Crippen LogP contribution in [0.2, 0.25) is 0 Å². The van der Waals surface area contributed by atoms with Crippen molar-refractivity contribution < 1.29 is 14.3 Å². The van der Waals surface area contributed by atoms with Gasteiger partial charge >= 0.3 is 0 Å². The Morgan fingerprint density at radius 3 is 2.30 bits per heavy atom. The summed E-state index contributed by atoms with van der Waals surface area (Å²) in [6, 6.07) is 16.4. The minimum absolute atomic E-state index is 0.203. The molecule has 1 aliphatic rings. The molecule has 4 heteroatoms. The van der Waals surface area contributed by atoms with Crippen LogP contribution in [-0.4, -0.2) is 18.4 Å². The van der Waals surface area contributed by atoms with Gasteiger partial charge in [0.15, 0.2) is 0 Å². The molecule has 2 amide bonds. The van der Waals surface area contributed by atoms with Crippen LogP contribution >= 0.6 is 0 Å². The molecule has 1 aliphatic heterocycles. The molecular formula is C19H17NO3. The largest absolute Gasteiger partial charge is 0.494 e. The summed E-state index contributed by atoms with van der Waals surface area (Å²) in [5, 5.41) is 0. The van der Waals surface area contributed by atoms with Crippen molar-refractivity contribution in [2.45, 2.75) is 13.3 Å². The number of rotatable bonds is 4. The summed E-state index contributed by atoms with van der Waals surface area (Å²) in [6.45, 7) is 2.53. The number of amides is 2. The quantitative estimate of drug-likeness (QED) is 0.813. The number of carbonyl (C=O) groups is 2. The first-order chi connectivity index (χ1) is 11.2. The maximum atomic E-state index is 12.4. The van der Waals surface area contributed by atoms with Crippen LogP contribution in [0, 0.1) is 0 Å². The molecule has 116 valence electrons. The summed E-state index contributed by atoms with van der Waals surface area (Å²) >= 11 is 0. The number of para-hydroxylation sites is 1. The minimum atomic E-state index is -0.309. The van der Waals surface area contributed by atoms with Crippen molar-refractivity contribution in [3.05, 3.63) is 66.2 Å². The first-order valence-electron chi connectivity index (χ1n) is 7.55. The molecule has 0 saturated heterocycles. The highest BCUT2D eigenvalue weighted by Gasteiger charge is 2.28. The predicted molar refractivity (Wildman–Crippen MR) is 89.1 cm³/mol. The van der Waals surface area contributed by atoms with E-state index in [0.717, 1.165) is 16.9 Å². The van der Waals surface area contributed by atoms with E-state index in [1.54, 1.807) is 12.1 Å². The van der Waals surface area contributed by atoms with Crippen LogP contribution in [0.4, 0.5) is 5.69 Å². The first-order valence-corrected chi connectivity index (χ1v) is 7.55. The number of anilines is 1. The first kappa shape index (κ1) is 15.0. The highest BCUT2D eigenvalue weighted by molar-refractivity contribution is 6.25. The molecule has 4 nitrogen and oxygen atoms in total. The van der Waals surface area contributed by atoms with Gasteiger partial charge in [-0.2, -0.15) is 0 Å². The summed E-state index contributed by atoms with van der Waals surface area (Å²) in [5.74, 6) is 0.250. The van der Waals surface area contributed by atoms with Crippen LogP contribution < -0.4 is 9.64 Å². The predicted octanol–water partition coefficient (Wildman–Crippen LogP) is 3.43. The van der Waals surface area contributed by atoms with Gasteiger partial charge in [-0.25, -0.2) is 4.90 Å². The molecule has 0 saturated carbocycles. The molecule has 0 aromatic heterocycles. The number of hydrogen-bond donors (Lipinski definition) is 0. The van der Waals surface area contributed by atoms with Crippen molar-refractivity contribution in [3.8, 4) is 5.75 Å². The van der Waals surface area contributed by atoms with Gasteiger partial charge in [-0.3, -0.25) is 9.59 Å². The Morgan fingerprint density at radius 1 is 1.00 bits per heavy atom. The van der Waals surface area contributed by atoms with E-state index in [-0.39, 0.29) is 18.2 Å². The van der Waals surface area contributed by atoms with E-state index in [2.05, 4.69) is 0 Å². The molecule has 0 unspecified atom stereocenters. The van der Waals surface area contributed by atoms with Crippen molar-refractivity contribution in [1.82, 2.24) is 0 Å². The zero-order valence-electron chi connectivity index (χ0n) is 12.9. The maximum Gasteiger partial charge on any atom is 0.258 e. The summed E-state index contributed by atoms with van der Waals surface area (Å²) in [5.41, 5.74) is 2.20. The van der Waals surface area contributed by atoms with Gasteiger partial charge in [0, 0.05) is 6.08 Å². The van der Waals surface area contributed by atoms with Crippen molar-refractivity contribution >= 4 is 23.1 Å². The van der Waals surface area contributed by atoms with E-state index in [0.29, 0.717) is 12.3 Å². The fourth-order valence-corrected chi connectivity index (χ4v) is 2.60. The normalized spacial score (nSPS) is 14.7. The molecule has 2 aromatic rings. The Kier molecular flexibility index (Phi) is 4.24. The zero-order chi connectivity index (χ0) is 16.2. The highest BCUT2D eigenvalue weighted by atomic mass is 16.5. The second-order valence-electron chi connectivity index (χ2n) is 5.21. The molecule has 0 fully saturated rings. The van der Waals surface area contributed by atoms with E-state index < -0.39 is 0 Å². The van der Waals surface area contributed by atoms with Crippen LogP contribution in [0.3, 0.4) is 0 Å². The molecule has 23 heavy (non-hydrogen) atoms. The summed E-state index contributed by atoms with van der Waals surface area (Å²) < 4.78 is 5.40. The van der Waals surface area contributed by atoms with Crippen molar-refractivity contribution in [1.29, 1.82) is 0 Å². The lowest BCUT2D eigenvalue weighted by molar-refractivity contribution is -0.124. The Morgan fingerprint density at radius 2 is 1.70 bits per heavy atom. The molecule has 0 N–H and O–H groups in total. The van der Waals surface area contributed by atoms with Gasteiger partial charge in [0.05, 0.1) is 18.7 Å². The molecular weight excluding hydrogens is 290 g/mol. The summed E-state index contributed by atoms with van der Waals surface area (Å²) in [7, 11) is 0. The maximum absolute atomic E-state index is 12.4. The lowest BCUT2D eigenvalue weighted by atomic mass is 9.98. The van der Waals surface area contributed by atoms with Crippen molar-refractivity contribution in [2.24, 2.45) is 0 Å². The Labute approximate surface area is 135 Å². The number of hydrogen-bond acceptors (Lipinski definition) is 3. The number of ether oxygens (including phenoxy) is 1. The van der Waals surface area contributed by atoms with Gasteiger partial charge in [0.25, 0.3) is 5.91 Å². The van der Waals surface area contributed by atoms with E-state index in [1.807, 2.05) is 49.4 Å². The van der Waals surface area contributed by atoms with Crippen LogP contribution in [0.25, 0.3) is 5.57 Å². The van der Waals surface area contributed by atoms with E-state index >= 15 is 0 Å². The number of nitrogens with zero attached hydrogens (tertiary/aromatic N) is 1. The van der Waals surface area contributed by atoms with Gasteiger partial charge in [-0.05, 0) is 42.3 Å². The van der Waals surface area contributed by atoms with Crippen LogP contribution in [-0.2, 0) is 9.59 Å². The second-order valence-corrected chi connectivity index (χ2v) is 5.21. The van der Waals surface area contributed by atoms with Gasteiger partial charge in [0.2, 0.25) is 5.91 Å². The summed E-state index contributed by atoms with van der Waals surface area (Å²) in [6.07, 6.45) is 1.73. The third-order valence-corrected chi connectivity index (χ3v) is 3.66. The molecule has 0 bridgehead atoms. The number of imide groups is 1. The highest BCUT2D eigenvalue weighted by Crippen LogP contribution is 2.28. The van der Waals surface area contributed by atoms with E-state index in [1.165, 1.54) is 11.0 Å². The van der Waals surface area contributed by atoms with Crippen LogP contribution in [0.5, 0.6) is 5.75 Å². The minimum Gasteiger partial charge on any atom is -0.494 e. The Bertz CT molecular complexity index is 748. The molecule has 2 aromatic carbocycles. The van der Waals surface area contributed by atoms with E-state index in [9.17, 15) is 9.59 Å². The number of benzene rings is 2. The molecule has 0 aliphatic carbocycles. The lowest BCUT2D eigenvalue weighted by Crippen LogP contribution is -2.38. The van der Waals surface area contributed by atoms with Gasteiger partial charge < -0.3 is 4.74 Å². The molecule has 0 atom stereocenters. The van der Waals surface area contributed by atoms with Gasteiger partial charge in [-0.1, -0.05) is 30.3 Å². The van der Waals surface area contributed by atoms with Crippen molar-refractivity contribution in [3.63, 3.8) is 0 Å². The Balaban J connectivity index is 1.86. The summed E-state index contributed by atoms with van der Waals surface area (Å²) in [4.78, 5) is 26.0. The van der Waals surface area contributed by atoms with Gasteiger partial charge in [0.1, 0.15) is 5.75 Å². The fourth-order valence-electron chi connectivity index (χ4n) is 2.60.